The Balaban J connectivity index is 1.61. The molecule has 8 nitrogen and oxygen atoms in total. The third-order valence-corrected chi connectivity index (χ3v) is 7.42. The molecule has 1 aliphatic carbocycles. The predicted octanol–water partition coefficient (Wildman–Crippen LogP) is 2.63. The number of nitrogens with zero attached hydrogens (tertiary/aromatic N) is 3. The van der Waals surface area contributed by atoms with Crippen LogP contribution >= 0.6 is 0 Å². The number of aromatic amines is 1. The molecule has 0 bridgehead atoms. The maximum atomic E-state index is 12.8. The second kappa shape index (κ2) is 12.4. The van der Waals surface area contributed by atoms with Gasteiger partial charge in [0.05, 0.1) is 18.3 Å². The van der Waals surface area contributed by atoms with Gasteiger partial charge in [0.2, 0.25) is 10.0 Å². The molecule has 0 saturated heterocycles. The molecular weight excluding hydrogens is 424 g/mol. The van der Waals surface area contributed by atoms with Crippen LogP contribution in [0.4, 0.5) is 0 Å². The van der Waals surface area contributed by atoms with Gasteiger partial charge in [0.15, 0.2) is 5.82 Å². The Bertz CT molecular complexity index is 894. The van der Waals surface area contributed by atoms with E-state index in [-0.39, 0.29) is 5.75 Å². The van der Waals surface area contributed by atoms with Crippen LogP contribution in [0.2, 0.25) is 0 Å². The molecule has 0 radical (unpaired) electrons. The zero-order valence-corrected chi connectivity index (χ0v) is 20.2. The van der Waals surface area contributed by atoms with E-state index in [0.29, 0.717) is 25.2 Å². The van der Waals surface area contributed by atoms with E-state index in [0.717, 1.165) is 44.3 Å². The van der Waals surface area contributed by atoms with Crippen molar-refractivity contribution in [3.8, 4) is 0 Å². The van der Waals surface area contributed by atoms with E-state index in [1.807, 2.05) is 18.2 Å². The molecule has 1 aliphatic rings. The number of H-pyrrole nitrogens is 1. The summed E-state index contributed by atoms with van der Waals surface area (Å²) in [6.07, 6.45) is 4.55. The molecular formula is C23H38N6O2S. The third-order valence-electron chi connectivity index (χ3n) is 5.95. The minimum Gasteiger partial charge on any atom is -0.310 e. The molecule has 1 aromatic carbocycles. The van der Waals surface area contributed by atoms with Crippen LogP contribution in [0, 0.1) is 5.92 Å². The van der Waals surface area contributed by atoms with E-state index in [9.17, 15) is 8.42 Å². The van der Waals surface area contributed by atoms with Crippen LogP contribution in [0.25, 0.3) is 0 Å². The highest BCUT2D eigenvalue weighted by atomic mass is 32.2. The normalized spacial score (nSPS) is 15.3. The van der Waals surface area contributed by atoms with Crippen LogP contribution in [0.1, 0.15) is 62.8 Å². The van der Waals surface area contributed by atoms with Crippen molar-refractivity contribution in [2.45, 2.75) is 58.5 Å². The zero-order valence-electron chi connectivity index (χ0n) is 19.4. The summed E-state index contributed by atoms with van der Waals surface area (Å²) in [5, 5.41) is 10.7. The molecule has 1 heterocycles. The summed E-state index contributed by atoms with van der Waals surface area (Å²) in [5.74, 6) is 2.15. The molecule has 0 spiro atoms. The van der Waals surface area contributed by atoms with E-state index in [1.54, 1.807) is 0 Å². The minimum atomic E-state index is -3.44. The number of aryl methyl sites for hydroxylation is 1. The second-order valence-electron chi connectivity index (χ2n) is 8.61. The molecule has 9 heteroatoms. The summed E-state index contributed by atoms with van der Waals surface area (Å²) < 4.78 is 28.5. The van der Waals surface area contributed by atoms with E-state index >= 15 is 0 Å². The lowest BCUT2D eigenvalue weighted by Gasteiger charge is -2.19. The maximum absolute atomic E-state index is 12.8. The Morgan fingerprint density at radius 2 is 1.94 bits per heavy atom. The molecule has 0 aliphatic heterocycles. The molecule has 1 aromatic heterocycles. The average Bonchev–Trinajstić information content (AvgIpc) is 3.50. The van der Waals surface area contributed by atoms with Gasteiger partial charge in [0.1, 0.15) is 5.82 Å². The first-order chi connectivity index (χ1) is 15.5. The lowest BCUT2D eigenvalue weighted by Crippen LogP contribution is -2.33. The lowest BCUT2D eigenvalue weighted by molar-refractivity contribution is 0.304. The predicted molar refractivity (Wildman–Crippen MR) is 128 cm³/mol. The molecule has 0 unspecified atom stereocenters. The Kier molecular flexibility index (Phi) is 9.65. The average molecular weight is 463 g/mol. The fourth-order valence-electron chi connectivity index (χ4n) is 3.75. The third kappa shape index (κ3) is 8.61. The topological polar surface area (TPSA) is 103 Å². The largest absolute Gasteiger partial charge is 0.310 e. The number of benzene rings is 1. The number of nitrogens with one attached hydrogen (secondary N) is 3. The van der Waals surface area contributed by atoms with Gasteiger partial charge in [0.25, 0.3) is 0 Å². The molecule has 1 atom stereocenters. The molecule has 178 valence electrons. The van der Waals surface area contributed by atoms with Gasteiger partial charge in [-0.3, -0.25) is 5.10 Å². The fourth-order valence-corrected chi connectivity index (χ4v) is 5.04. The maximum Gasteiger partial charge on any atom is 0.212 e. The van der Waals surface area contributed by atoms with Crippen molar-refractivity contribution >= 4 is 10.0 Å². The molecule has 0 amide bonds. The summed E-state index contributed by atoms with van der Waals surface area (Å²) in [5.41, 5.74) is 1.17. The summed E-state index contributed by atoms with van der Waals surface area (Å²) in [6.45, 7) is 8.43. The van der Waals surface area contributed by atoms with E-state index in [4.69, 9.17) is 0 Å². The van der Waals surface area contributed by atoms with Crippen molar-refractivity contribution in [1.82, 2.24) is 30.1 Å². The van der Waals surface area contributed by atoms with Crippen LogP contribution in [0.3, 0.4) is 0 Å². The first kappa shape index (κ1) is 24.8. The van der Waals surface area contributed by atoms with Gasteiger partial charge >= 0.3 is 0 Å². The highest BCUT2D eigenvalue weighted by Gasteiger charge is 2.24. The molecule has 3 rings (SSSR count). The van der Waals surface area contributed by atoms with Gasteiger partial charge in [-0.2, -0.15) is 5.10 Å². The van der Waals surface area contributed by atoms with Gasteiger partial charge in [-0.1, -0.05) is 44.2 Å². The van der Waals surface area contributed by atoms with Crippen molar-refractivity contribution in [2.75, 3.05) is 31.9 Å². The number of sulfonamides is 1. The van der Waals surface area contributed by atoms with Crippen molar-refractivity contribution in [3.63, 3.8) is 0 Å². The highest BCUT2D eigenvalue weighted by Crippen LogP contribution is 2.27. The molecule has 3 N–H and O–H groups in total. The van der Waals surface area contributed by atoms with Crippen LogP contribution in [0.5, 0.6) is 0 Å². The van der Waals surface area contributed by atoms with Crippen molar-refractivity contribution in [3.05, 3.63) is 47.5 Å². The van der Waals surface area contributed by atoms with Crippen molar-refractivity contribution in [1.29, 1.82) is 0 Å². The number of hydrogen-bond acceptors (Lipinski definition) is 6. The number of aromatic nitrogens is 3. The van der Waals surface area contributed by atoms with Gasteiger partial charge in [-0.05, 0) is 69.8 Å². The summed E-state index contributed by atoms with van der Waals surface area (Å²) >= 11 is 0. The SMILES string of the molecule is CCN(CC)CCCS(=O)(=O)N[C@H](CCc1ccccc1)c1n[nH]c(CNCC2CC2)n1. The van der Waals surface area contributed by atoms with Crippen LogP contribution in [-0.4, -0.2) is 60.4 Å². The van der Waals surface area contributed by atoms with Crippen molar-refractivity contribution < 1.29 is 8.42 Å². The molecule has 2 aromatic rings. The van der Waals surface area contributed by atoms with E-state index in [1.165, 1.54) is 18.4 Å². The quantitative estimate of drug-likeness (QED) is 0.354. The summed E-state index contributed by atoms with van der Waals surface area (Å²) in [6, 6.07) is 9.63. The lowest BCUT2D eigenvalue weighted by atomic mass is 10.1. The van der Waals surface area contributed by atoms with Crippen LogP contribution < -0.4 is 10.0 Å². The zero-order chi connectivity index (χ0) is 22.8. The van der Waals surface area contributed by atoms with Crippen molar-refractivity contribution in [2.24, 2.45) is 5.92 Å². The van der Waals surface area contributed by atoms with Gasteiger partial charge in [-0.15, -0.1) is 0 Å². The Hall–Kier alpha value is -1.81. The Morgan fingerprint density at radius 3 is 2.62 bits per heavy atom. The Morgan fingerprint density at radius 1 is 1.19 bits per heavy atom. The van der Waals surface area contributed by atoms with Gasteiger partial charge in [0, 0.05) is 0 Å². The Labute approximate surface area is 192 Å². The first-order valence-corrected chi connectivity index (χ1v) is 13.5. The molecule has 1 saturated carbocycles. The second-order valence-corrected chi connectivity index (χ2v) is 10.5. The minimum absolute atomic E-state index is 0.103. The summed E-state index contributed by atoms with van der Waals surface area (Å²) in [4.78, 5) is 6.83. The van der Waals surface area contributed by atoms with E-state index < -0.39 is 16.1 Å². The fraction of sp³-hybridized carbons (Fsp3) is 0.652. The smallest absolute Gasteiger partial charge is 0.212 e. The molecule has 1 fully saturated rings. The van der Waals surface area contributed by atoms with E-state index in [2.05, 4.69) is 56.1 Å². The van der Waals surface area contributed by atoms with Gasteiger partial charge in [-0.25, -0.2) is 18.1 Å². The van der Waals surface area contributed by atoms with Crippen LogP contribution in [0.15, 0.2) is 30.3 Å². The highest BCUT2D eigenvalue weighted by molar-refractivity contribution is 7.89. The van der Waals surface area contributed by atoms with Gasteiger partial charge < -0.3 is 10.2 Å². The van der Waals surface area contributed by atoms with Crippen LogP contribution in [-0.2, 0) is 23.0 Å². The monoisotopic (exact) mass is 462 g/mol. The summed E-state index contributed by atoms with van der Waals surface area (Å²) in [7, 11) is -3.44. The number of rotatable bonds is 16. The molecule has 32 heavy (non-hydrogen) atoms. The first-order valence-electron chi connectivity index (χ1n) is 11.9. The standard InChI is InChI=1S/C23H38N6O2S/c1-3-29(4-2)15-8-16-32(30,31)28-21(14-13-19-9-6-5-7-10-19)23-25-22(26-27-23)18-24-17-20-11-12-20/h5-7,9-10,20-21,24,28H,3-4,8,11-18H2,1-2H3,(H,25,26,27)/t21-/m1/s1. The number of hydrogen-bond donors (Lipinski definition) is 3.